The Bertz CT molecular complexity index is 464. The highest BCUT2D eigenvalue weighted by molar-refractivity contribution is 8.01. The molecule has 0 spiro atoms. The summed E-state index contributed by atoms with van der Waals surface area (Å²) in [6, 6.07) is 2.35. The molecule has 0 atom stereocenters. The van der Waals surface area contributed by atoms with Gasteiger partial charge >= 0.3 is 12.7 Å². The number of aromatic carboxylic acids is 1. The van der Waals surface area contributed by atoms with E-state index in [9.17, 15) is 19.2 Å². The molecule has 1 aliphatic rings. The van der Waals surface area contributed by atoms with E-state index in [1.165, 1.54) is 6.07 Å². The predicted octanol–water partition coefficient (Wildman–Crippen LogP) is 0.471. The second-order valence-corrected chi connectivity index (χ2v) is 4.40. The Morgan fingerprint density at radius 1 is 1.50 bits per heavy atom. The molecule has 1 heterocycles. The molecular formula is C8H7BFO5S-. The molecule has 0 bridgehead atoms. The molecule has 3 N–H and O–H groups in total. The second-order valence-electron chi connectivity index (χ2n) is 3.34. The molecule has 0 unspecified atom stereocenters. The summed E-state index contributed by atoms with van der Waals surface area (Å²) in [6.45, 7) is -3.12. The number of rotatable bonds is 1. The number of hydrogen-bond donors (Lipinski definition) is 3. The molecule has 5 nitrogen and oxygen atoms in total. The minimum atomic E-state index is -3.12. The number of carboxylic acids is 1. The van der Waals surface area contributed by atoms with Crippen LogP contribution in [-0.2, 0) is 0 Å². The fraction of sp³-hybridized carbons (Fsp3) is 0.125. The van der Waals surface area contributed by atoms with Gasteiger partial charge in [-0.2, -0.15) is 11.8 Å². The summed E-state index contributed by atoms with van der Waals surface area (Å²) in [5, 5.41) is 27.4. The Morgan fingerprint density at radius 2 is 2.19 bits per heavy atom. The molecule has 16 heavy (non-hydrogen) atoms. The van der Waals surface area contributed by atoms with Gasteiger partial charge in [0.2, 0.25) is 0 Å². The van der Waals surface area contributed by atoms with Crippen molar-refractivity contribution in [3.05, 3.63) is 23.5 Å². The van der Waals surface area contributed by atoms with Crippen molar-refractivity contribution in [1.29, 1.82) is 0 Å². The van der Waals surface area contributed by atoms with Crippen LogP contribution in [0, 0.1) is 5.82 Å². The van der Waals surface area contributed by atoms with Crippen molar-refractivity contribution in [3.8, 4) is 5.75 Å². The Hall–Kier alpha value is -1.25. The molecule has 1 aliphatic heterocycles. The van der Waals surface area contributed by atoms with E-state index in [4.69, 9.17) is 9.76 Å². The number of hydrogen-bond acceptors (Lipinski definition) is 5. The standard InChI is InChI=1S/C8H7BFO5S/c10-4-1-2-5-7(6(4)8(11)12)15-9(13,14)3-16-5/h1-2,13-14H,3H2,(H,11,12)/q-1. The van der Waals surface area contributed by atoms with E-state index in [1.807, 2.05) is 0 Å². The maximum Gasteiger partial charge on any atom is 0.440 e. The highest BCUT2D eigenvalue weighted by atomic mass is 32.2. The van der Waals surface area contributed by atoms with Crippen molar-refractivity contribution in [2.45, 2.75) is 4.90 Å². The van der Waals surface area contributed by atoms with Crippen LogP contribution in [0.5, 0.6) is 5.75 Å². The van der Waals surface area contributed by atoms with Gasteiger partial charge in [0.25, 0.3) is 0 Å². The van der Waals surface area contributed by atoms with Crippen LogP contribution in [0.3, 0.4) is 0 Å². The zero-order chi connectivity index (χ0) is 11.9. The Labute approximate surface area is 93.9 Å². The molecule has 86 valence electrons. The van der Waals surface area contributed by atoms with E-state index in [-0.39, 0.29) is 11.4 Å². The number of carbonyl (C=O) groups is 1. The molecule has 0 amide bonds. The largest absolute Gasteiger partial charge is 0.668 e. The number of thioether (sulfide) groups is 1. The zero-order valence-electron chi connectivity index (χ0n) is 7.88. The summed E-state index contributed by atoms with van der Waals surface area (Å²) in [5.41, 5.74) is -0.795. The Balaban J connectivity index is 2.58. The lowest BCUT2D eigenvalue weighted by atomic mass is 9.83. The Morgan fingerprint density at radius 3 is 2.81 bits per heavy atom. The third-order valence-corrected chi connectivity index (χ3v) is 3.28. The van der Waals surface area contributed by atoms with E-state index in [1.54, 1.807) is 0 Å². The highest BCUT2D eigenvalue weighted by Gasteiger charge is 2.33. The number of halogens is 1. The summed E-state index contributed by atoms with van der Waals surface area (Å²) >= 11 is 1.01. The van der Waals surface area contributed by atoms with Crippen molar-refractivity contribution in [2.75, 3.05) is 5.65 Å². The highest BCUT2D eigenvalue weighted by Crippen LogP contribution is 2.39. The van der Waals surface area contributed by atoms with Gasteiger partial charge in [-0.3, -0.25) is 0 Å². The lowest BCUT2D eigenvalue weighted by Crippen LogP contribution is -2.48. The maximum absolute atomic E-state index is 13.3. The van der Waals surface area contributed by atoms with E-state index in [0.29, 0.717) is 4.90 Å². The van der Waals surface area contributed by atoms with Crippen LogP contribution in [-0.4, -0.2) is 33.5 Å². The van der Waals surface area contributed by atoms with E-state index < -0.39 is 24.1 Å². The van der Waals surface area contributed by atoms with Gasteiger partial charge in [0.05, 0.1) is 0 Å². The summed E-state index contributed by atoms with van der Waals surface area (Å²) < 4.78 is 18.0. The average Bonchev–Trinajstić information content (AvgIpc) is 2.15. The zero-order valence-corrected chi connectivity index (χ0v) is 8.70. The molecule has 0 aliphatic carbocycles. The minimum Gasteiger partial charge on any atom is -0.668 e. The lowest BCUT2D eigenvalue weighted by molar-refractivity contribution is 0.0688. The van der Waals surface area contributed by atoms with Crippen LogP contribution in [0.1, 0.15) is 10.4 Å². The SMILES string of the molecule is O=C(O)c1c(F)ccc2c1O[B-](O)(O)CS2. The van der Waals surface area contributed by atoms with E-state index in [0.717, 1.165) is 17.8 Å². The van der Waals surface area contributed by atoms with Gasteiger partial charge in [-0.15, -0.1) is 0 Å². The van der Waals surface area contributed by atoms with Gasteiger partial charge in [-0.05, 0) is 17.8 Å². The molecule has 0 saturated heterocycles. The average molecular weight is 245 g/mol. The van der Waals surface area contributed by atoms with Crippen LogP contribution >= 0.6 is 11.8 Å². The smallest absolute Gasteiger partial charge is 0.440 e. The number of fused-ring (bicyclic) bond motifs is 1. The molecule has 8 heteroatoms. The van der Waals surface area contributed by atoms with E-state index >= 15 is 0 Å². The van der Waals surface area contributed by atoms with Gasteiger partial charge in [-0.25, -0.2) is 9.18 Å². The second kappa shape index (κ2) is 3.65. The van der Waals surface area contributed by atoms with Crippen molar-refractivity contribution in [2.24, 2.45) is 0 Å². The van der Waals surface area contributed by atoms with Crippen LogP contribution in [0.2, 0.25) is 0 Å². The monoisotopic (exact) mass is 245 g/mol. The van der Waals surface area contributed by atoms with Crippen molar-refractivity contribution >= 4 is 24.5 Å². The summed E-state index contributed by atoms with van der Waals surface area (Å²) in [7, 11) is 0. The topological polar surface area (TPSA) is 87.0 Å². The fourth-order valence-electron chi connectivity index (χ4n) is 1.39. The summed E-state index contributed by atoms with van der Waals surface area (Å²) in [4.78, 5) is 11.2. The molecule has 0 aromatic heterocycles. The first-order chi connectivity index (χ1) is 7.41. The van der Waals surface area contributed by atoms with Gasteiger partial charge in [0.1, 0.15) is 17.1 Å². The molecular weight excluding hydrogens is 238 g/mol. The third-order valence-electron chi connectivity index (χ3n) is 2.05. The van der Waals surface area contributed by atoms with E-state index in [2.05, 4.69) is 0 Å². The van der Waals surface area contributed by atoms with Crippen molar-refractivity contribution in [1.82, 2.24) is 0 Å². The fourth-order valence-corrected chi connectivity index (χ4v) is 2.30. The molecule has 0 saturated carbocycles. The first-order valence-corrected chi connectivity index (χ1v) is 5.37. The minimum absolute atomic E-state index is 0.113. The van der Waals surface area contributed by atoms with Gasteiger partial charge in [0, 0.05) is 4.90 Å². The number of carboxylic acid groups (broad SMARTS) is 1. The summed E-state index contributed by atoms with van der Waals surface area (Å²) in [5.74, 6) is -2.81. The molecule has 0 fully saturated rings. The van der Waals surface area contributed by atoms with Crippen LogP contribution in [0.4, 0.5) is 4.39 Å². The van der Waals surface area contributed by atoms with Gasteiger partial charge in [-0.1, -0.05) is 0 Å². The van der Waals surface area contributed by atoms with Crippen LogP contribution in [0.25, 0.3) is 0 Å². The quantitative estimate of drug-likeness (QED) is 0.623. The summed E-state index contributed by atoms with van der Waals surface area (Å²) in [6.07, 6.45) is 0. The lowest BCUT2D eigenvalue weighted by Gasteiger charge is -2.36. The van der Waals surface area contributed by atoms with Gasteiger partial charge in [0.15, 0.2) is 0 Å². The van der Waals surface area contributed by atoms with Crippen LogP contribution < -0.4 is 4.65 Å². The van der Waals surface area contributed by atoms with Crippen LogP contribution in [0.15, 0.2) is 17.0 Å². The number of benzene rings is 1. The van der Waals surface area contributed by atoms with Crippen molar-refractivity contribution < 1.29 is 29.0 Å². The molecule has 2 rings (SSSR count). The molecule has 0 radical (unpaired) electrons. The van der Waals surface area contributed by atoms with Crippen molar-refractivity contribution in [3.63, 3.8) is 0 Å². The Kier molecular flexibility index (Phi) is 2.57. The first-order valence-electron chi connectivity index (χ1n) is 4.38. The molecule has 1 aromatic carbocycles. The maximum atomic E-state index is 13.3. The normalized spacial score (nSPS) is 17.4. The first kappa shape index (κ1) is 11.2. The predicted molar refractivity (Wildman–Crippen MR) is 54.9 cm³/mol. The van der Waals surface area contributed by atoms with Gasteiger partial charge < -0.3 is 19.8 Å². The molecule has 1 aromatic rings. The third kappa shape index (κ3) is 1.86.